The summed E-state index contributed by atoms with van der Waals surface area (Å²) in [6, 6.07) is 0.358. The van der Waals surface area contributed by atoms with Crippen LogP contribution < -0.4 is 0 Å². The van der Waals surface area contributed by atoms with E-state index in [2.05, 4.69) is 27.0 Å². The molecule has 0 bridgehead atoms. The van der Waals surface area contributed by atoms with Crippen molar-refractivity contribution in [2.75, 3.05) is 20.1 Å². The van der Waals surface area contributed by atoms with Crippen molar-refractivity contribution >= 4 is 5.97 Å². The monoisotopic (exact) mass is 320 g/mol. The van der Waals surface area contributed by atoms with E-state index in [0.717, 1.165) is 37.6 Å². The Morgan fingerprint density at radius 1 is 1.35 bits per heavy atom. The Morgan fingerprint density at radius 2 is 2.17 bits per heavy atom. The Labute approximate surface area is 136 Å². The summed E-state index contributed by atoms with van der Waals surface area (Å²) in [5.41, 5.74) is 0. The molecule has 3 aliphatic rings. The maximum absolute atomic E-state index is 11.9. The van der Waals surface area contributed by atoms with Crippen LogP contribution in [0.2, 0.25) is 0 Å². The molecule has 4 rings (SSSR count). The summed E-state index contributed by atoms with van der Waals surface area (Å²) in [5.74, 6) is 2.00. The topological polar surface area (TPSA) is 71.7 Å². The van der Waals surface area contributed by atoms with Crippen molar-refractivity contribution in [2.45, 2.75) is 63.3 Å². The molecule has 0 radical (unpaired) electrons. The molecule has 1 aromatic heterocycles. The number of hydrogen-bond donors (Lipinski definition) is 0. The average Bonchev–Trinajstić information content (AvgIpc) is 2.94. The second-order valence-electron chi connectivity index (χ2n) is 7.17. The van der Waals surface area contributed by atoms with Gasteiger partial charge in [0.15, 0.2) is 5.82 Å². The fourth-order valence-electron chi connectivity index (χ4n) is 3.62. The van der Waals surface area contributed by atoms with E-state index in [-0.39, 0.29) is 18.1 Å². The zero-order valence-electron chi connectivity index (χ0n) is 13.8. The summed E-state index contributed by atoms with van der Waals surface area (Å²) < 4.78 is 10.6. The minimum Gasteiger partial charge on any atom is -0.461 e. The standard InChI is InChI=1S/C16H24N4O3/c1-10-7-13(16(21)22-10)20-6-5-12(8-20)19(2)9-14-17-15(23-18-14)11-3-4-11/h10-13H,3-9H2,1-2H3/t10-,12-,13-/m1/s1. The second kappa shape index (κ2) is 5.87. The number of rotatable bonds is 5. The van der Waals surface area contributed by atoms with Gasteiger partial charge in [0.1, 0.15) is 12.1 Å². The normalized spacial score (nSPS) is 32.0. The second-order valence-corrected chi connectivity index (χ2v) is 7.17. The summed E-state index contributed by atoms with van der Waals surface area (Å²) in [5, 5.41) is 4.09. The van der Waals surface area contributed by atoms with E-state index in [4.69, 9.17) is 9.26 Å². The smallest absolute Gasteiger partial charge is 0.323 e. The number of hydrogen-bond acceptors (Lipinski definition) is 7. The van der Waals surface area contributed by atoms with Crippen LogP contribution in [0, 0.1) is 0 Å². The van der Waals surface area contributed by atoms with Crippen molar-refractivity contribution in [3.8, 4) is 0 Å². The lowest BCUT2D eigenvalue weighted by Gasteiger charge is -2.24. The van der Waals surface area contributed by atoms with Crippen LogP contribution in [0.25, 0.3) is 0 Å². The molecule has 0 amide bonds. The summed E-state index contributed by atoms with van der Waals surface area (Å²) in [6.07, 6.45) is 4.26. The van der Waals surface area contributed by atoms with Crippen LogP contribution in [-0.2, 0) is 16.1 Å². The maximum Gasteiger partial charge on any atom is 0.323 e. The predicted molar refractivity (Wildman–Crippen MR) is 81.7 cm³/mol. The number of carbonyl (C=O) groups excluding carboxylic acids is 1. The third-order valence-corrected chi connectivity index (χ3v) is 5.20. The van der Waals surface area contributed by atoms with Crippen LogP contribution in [0.3, 0.4) is 0 Å². The molecule has 3 fully saturated rings. The molecule has 1 aliphatic carbocycles. The summed E-state index contributed by atoms with van der Waals surface area (Å²) >= 11 is 0. The number of aromatic nitrogens is 2. The van der Waals surface area contributed by atoms with Gasteiger partial charge in [-0.05, 0) is 33.2 Å². The number of cyclic esters (lactones) is 1. The van der Waals surface area contributed by atoms with Crippen molar-refractivity contribution in [1.29, 1.82) is 0 Å². The lowest BCUT2D eigenvalue weighted by atomic mass is 10.1. The third-order valence-electron chi connectivity index (χ3n) is 5.20. The Bertz CT molecular complexity index is 586. The first-order chi connectivity index (χ1) is 11.1. The molecular weight excluding hydrogens is 296 g/mol. The van der Waals surface area contributed by atoms with E-state index in [1.165, 1.54) is 12.8 Å². The zero-order chi connectivity index (χ0) is 16.0. The number of likely N-dealkylation sites (tertiary alicyclic amines) is 1. The molecule has 1 saturated carbocycles. The van der Waals surface area contributed by atoms with Gasteiger partial charge >= 0.3 is 5.97 Å². The van der Waals surface area contributed by atoms with Crippen LogP contribution in [-0.4, -0.2) is 64.2 Å². The van der Waals surface area contributed by atoms with E-state index in [1.807, 2.05) is 6.92 Å². The van der Waals surface area contributed by atoms with Gasteiger partial charge in [-0.15, -0.1) is 0 Å². The molecule has 0 N–H and O–H groups in total. The Hall–Kier alpha value is -1.47. The van der Waals surface area contributed by atoms with Gasteiger partial charge in [0, 0.05) is 31.5 Å². The van der Waals surface area contributed by atoms with E-state index in [9.17, 15) is 4.79 Å². The fourth-order valence-corrected chi connectivity index (χ4v) is 3.62. The van der Waals surface area contributed by atoms with Gasteiger partial charge in [0.2, 0.25) is 5.89 Å². The number of likely N-dealkylation sites (N-methyl/N-ethyl adjacent to an activating group) is 1. The van der Waals surface area contributed by atoms with Crippen LogP contribution in [0.4, 0.5) is 0 Å². The molecule has 2 aliphatic heterocycles. The molecule has 7 nitrogen and oxygen atoms in total. The van der Waals surface area contributed by atoms with E-state index >= 15 is 0 Å². The summed E-state index contributed by atoms with van der Waals surface area (Å²) in [6.45, 7) is 4.50. The molecule has 0 spiro atoms. The van der Waals surface area contributed by atoms with Gasteiger partial charge in [-0.3, -0.25) is 14.6 Å². The highest BCUT2D eigenvalue weighted by Gasteiger charge is 2.40. The number of nitrogens with zero attached hydrogens (tertiary/aromatic N) is 4. The minimum atomic E-state index is -0.0620. The Morgan fingerprint density at radius 3 is 2.87 bits per heavy atom. The summed E-state index contributed by atoms with van der Waals surface area (Å²) in [4.78, 5) is 20.9. The highest BCUT2D eigenvalue weighted by Crippen LogP contribution is 2.38. The van der Waals surface area contributed by atoms with Crippen molar-refractivity contribution in [2.24, 2.45) is 0 Å². The molecule has 23 heavy (non-hydrogen) atoms. The van der Waals surface area contributed by atoms with E-state index < -0.39 is 0 Å². The molecule has 1 aromatic rings. The van der Waals surface area contributed by atoms with Gasteiger partial charge < -0.3 is 9.26 Å². The lowest BCUT2D eigenvalue weighted by molar-refractivity contribution is -0.144. The third kappa shape index (κ3) is 3.12. The van der Waals surface area contributed by atoms with Gasteiger partial charge in [0.05, 0.1) is 6.54 Å². The average molecular weight is 320 g/mol. The van der Waals surface area contributed by atoms with Gasteiger partial charge in [-0.1, -0.05) is 5.16 Å². The molecule has 126 valence electrons. The lowest BCUT2D eigenvalue weighted by Crippen LogP contribution is -2.40. The fraction of sp³-hybridized carbons (Fsp3) is 0.812. The molecule has 3 heterocycles. The molecular formula is C16H24N4O3. The van der Waals surface area contributed by atoms with Crippen molar-refractivity contribution in [3.05, 3.63) is 11.7 Å². The highest BCUT2D eigenvalue weighted by molar-refractivity contribution is 5.78. The van der Waals surface area contributed by atoms with Gasteiger partial charge in [0.25, 0.3) is 0 Å². The van der Waals surface area contributed by atoms with E-state index in [0.29, 0.717) is 18.5 Å². The predicted octanol–water partition coefficient (Wildman–Crippen LogP) is 1.16. The first-order valence-corrected chi connectivity index (χ1v) is 8.57. The molecule has 0 aromatic carbocycles. The van der Waals surface area contributed by atoms with Crippen LogP contribution in [0.15, 0.2) is 4.52 Å². The van der Waals surface area contributed by atoms with Crippen molar-refractivity contribution in [1.82, 2.24) is 19.9 Å². The summed E-state index contributed by atoms with van der Waals surface area (Å²) in [7, 11) is 2.09. The first-order valence-electron chi connectivity index (χ1n) is 8.57. The zero-order valence-corrected chi connectivity index (χ0v) is 13.8. The van der Waals surface area contributed by atoms with Gasteiger partial charge in [-0.25, -0.2) is 0 Å². The van der Waals surface area contributed by atoms with Crippen LogP contribution in [0.1, 0.15) is 50.2 Å². The van der Waals surface area contributed by atoms with Gasteiger partial charge in [-0.2, -0.15) is 4.98 Å². The van der Waals surface area contributed by atoms with Crippen molar-refractivity contribution in [3.63, 3.8) is 0 Å². The minimum absolute atomic E-state index is 0.0458. The Kier molecular flexibility index (Phi) is 3.85. The largest absolute Gasteiger partial charge is 0.461 e. The van der Waals surface area contributed by atoms with Crippen LogP contribution in [0.5, 0.6) is 0 Å². The van der Waals surface area contributed by atoms with Crippen molar-refractivity contribution < 1.29 is 14.1 Å². The first kappa shape index (κ1) is 15.1. The SMILES string of the molecule is C[C@@H]1C[C@@H](N2CC[C@@H](N(C)Cc3noc(C4CC4)n3)C2)C(=O)O1. The molecule has 3 atom stereocenters. The molecule has 2 saturated heterocycles. The highest BCUT2D eigenvalue weighted by atomic mass is 16.6. The number of ether oxygens (including phenoxy) is 1. The number of esters is 1. The molecule has 0 unspecified atom stereocenters. The van der Waals surface area contributed by atoms with E-state index in [1.54, 1.807) is 0 Å². The number of carbonyl (C=O) groups is 1. The Balaban J connectivity index is 1.32. The quantitative estimate of drug-likeness (QED) is 0.754. The maximum atomic E-state index is 11.9. The molecule has 7 heteroatoms. The van der Waals surface area contributed by atoms with Crippen LogP contribution >= 0.6 is 0 Å².